The molecule has 11 heteroatoms. The van der Waals surface area contributed by atoms with E-state index < -0.39 is 34.8 Å². The van der Waals surface area contributed by atoms with Crippen LogP contribution in [0.3, 0.4) is 0 Å². The van der Waals surface area contributed by atoms with E-state index in [4.69, 9.17) is 16.9 Å². The third-order valence-electron chi connectivity index (χ3n) is 6.85. The van der Waals surface area contributed by atoms with Gasteiger partial charge in [0, 0.05) is 24.6 Å². The molecule has 3 aromatic rings. The fourth-order valence-corrected chi connectivity index (χ4v) is 4.35. The van der Waals surface area contributed by atoms with Crippen LogP contribution >= 0.6 is 0 Å². The molecule has 0 radical (unpaired) electrons. The molecule has 40 heavy (non-hydrogen) atoms. The Labute approximate surface area is 229 Å². The maximum absolute atomic E-state index is 14.9. The van der Waals surface area contributed by atoms with Gasteiger partial charge in [-0.05, 0) is 77.9 Å². The molecule has 7 nitrogen and oxygen atoms in total. The number of carbonyl (C=O) groups is 1. The van der Waals surface area contributed by atoms with Crippen molar-refractivity contribution in [3.8, 4) is 0 Å². The first kappa shape index (κ1) is 28.9. The first-order valence-corrected chi connectivity index (χ1v) is 12.7. The number of hydrogen-bond donors (Lipinski definition) is 5. The van der Waals surface area contributed by atoms with Gasteiger partial charge in [-0.25, -0.2) is 4.39 Å². The normalized spacial score (nSPS) is 15.3. The van der Waals surface area contributed by atoms with Crippen LogP contribution in [0.5, 0.6) is 0 Å². The van der Waals surface area contributed by atoms with Gasteiger partial charge in [-0.15, -0.1) is 0 Å². The molecule has 1 amide bonds. The number of hydrogen-bond acceptors (Lipinski definition) is 6. The second-order valence-electron chi connectivity index (χ2n) is 9.84. The zero-order valence-electron chi connectivity index (χ0n) is 21.6. The van der Waals surface area contributed by atoms with Gasteiger partial charge >= 0.3 is 6.18 Å². The Bertz CT molecular complexity index is 1410. The molecule has 1 aliphatic rings. The van der Waals surface area contributed by atoms with E-state index in [0.29, 0.717) is 29.5 Å². The van der Waals surface area contributed by atoms with E-state index in [1.54, 1.807) is 42.7 Å². The lowest BCUT2D eigenvalue weighted by atomic mass is 9.79. The average molecular weight is 555 g/mol. The van der Waals surface area contributed by atoms with E-state index in [-0.39, 0.29) is 17.9 Å². The van der Waals surface area contributed by atoms with Crippen molar-refractivity contribution in [2.24, 2.45) is 17.4 Å². The Morgan fingerprint density at radius 1 is 1.05 bits per heavy atom. The molecule has 1 unspecified atom stereocenters. The lowest BCUT2D eigenvalue weighted by molar-refractivity contribution is -0.112. The van der Waals surface area contributed by atoms with Gasteiger partial charge in [-0.3, -0.25) is 15.2 Å². The van der Waals surface area contributed by atoms with E-state index in [2.05, 4.69) is 15.6 Å². The first-order valence-electron chi connectivity index (χ1n) is 12.7. The molecule has 1 atom stereocenters. The number of anilines is 2. The smallest absolute Gasteiger partial charge is 0.351 e. The van der Waals surface area contributed by atoms with Crippen LogP contribution in [-0.2, 0) is 16.9 Å². The lowest BCUT2D eigenvalue weighted by Crippen LogP contribution is -2.38. The quantitative estimate of drug-likeness (QED) is 0.120. The monoisotopic (exact) mass is 554 g/mol. The number of nitrogens with zero attached hydrogens (tertiary/aromatic N) is 1. The van der Waals surface area contributed by atoms with Crippen LogP contribution in [0.4, 0.5) is 28.9 Å². The van der Waals surface area contributed by atoms with Crippen LogP contribution in [0.2, 0.25) is 0 Å². The molecular formula is C29H30F4N6O. The fourth-order valence-electron chi connectivity index (χ4n) is 4.35. The number of alkyl halides is 3. The summed E-state index contributed by atoms with van der Waals surface area (Å²) in [6.45, 7) is 0.163. The molecule has 1 aliphatic carbocycles. The number of aromatic nitrogens is 1. The number of carbonyl (C=O) groups excluding carboxylic acids is 1. The van der Waals surface area contributed by atoms with Gasteiger partial charge in [-0.2, -0.15) is 13.2 Å². The van der Waals surface area contributed by atoms with Crippen molar-refractivity contribution in [1.82, 2.24) is 4.98 Å². The summed E-state index contributed by atoms with van der Waals surface area (Å²) in [5.41, 5.74) is 11.1. The van der Waals surface area contributed by atoms with Crippen molar-refractivity contribution in [2.75, 3.05) is 10.6 Å². The number of halogens is 4. The summed E-state index contributed by atoms with van der Waals surface area (Å²) in [7, 11) is 0. The highest BCUT2D eigenvalue weighted by Gasteiger charge is 2.35. The summed E-state index contributed by atoms with van der Waals surface area (Å²) < 4.78 is 54.5. The lowest BCUT2D eigenvalue weighted by Gasteiger charge is -2.31. The van der Waals surface area contributed by atoms with Gasteiger partial charge in [0.15, 0.2) is 0 Å². The van der Waals surface area contributed by atoms with E-state index in [9.17, 15) is 22.4 Å². The number of pyridine rings is 1. The van der Waals surface area contributed by atoms with Gasteiger partial charge in [-0.1, -0.05) is 31.0 Å². The highest BCUT2D eigenvalue weighted by molar-refractivity contribution is 6.11. The third-order valence-corrected chi connectivity index (χ3v) is 6.85. The van der Waals surface area contributed by atoms with Crippen molar-refractivity contribution in [3.63, 3.8) is 0 Å². The average Bonchev–Trinajstić information content (AvgIpc) is 3.77. The topological polar surface area (TPSA) is 130 Å². The Kier molecular flexibility index (Phi) is 8.65. The van der Waals surface area contributed by atoms with Gasteiger partial charge < -0.3 is 22.1 Å². The predicted octanol–water partition coefficient (Wildman–Crippen LogP) is 5.59. The summed E-state index contributed by atoms with van der Waals surface area (Å²) in [4.78, 5) is 17.3. The molecule has 1 heterocycles. The Hall–Kier alpha value is -4.09. The summed E-state index contributed by atoms with van der Waals surface area (Å²) in [6.07, 6.45) is 2.25. The Morgan fingerprint density at radius 3 is 2.42 bits per heavy atom. The minimum atomic E-state index is -5.00. The molecular weight excluding hydrogens is 524 g/mol. The van der Waals surface area contributed by atoms with Crippen LogP contribution in [0.25, 0.3) is 0 Å². The highest BCUT2D eigenvalue weighted by atomic mass is 19.4. The summed E-state index contributed by atoms with van der Waals surface area (Å²) >= 11 is 0. The first-order chi connectivity index (χ1) is 19.0. The molecule has 1 saturated carbocycles. The minimum absolute atomic E-state index is 0.163. The zero-order chi connectivity index (χ0) is 28.9. The Morgan fingerprint density at radius 2 is 1.77 bits per heavy atom. The van der Waals surface area contributed by atoms with Crippen molar-refractivity contribution >= 4 is 23.0 Å². The SMILES string of the molecule is N=C(/C=C(\Nc1cccc(CN)c1)C(=O)Nc1cc(C(N)(CCC2CC2)c2ccncc2)ccc1F)C(F)(F)F. The van der Waals surface area contributed by atoms with Crippen LogP contribution in [0.15, 0.2) is 78.8 Å². The molecule has 2 aromatic carbocycles. The van der Waals surface area contributed by atoms with Crippen LogP contribution in [0.1, 0.15) is 42.4 Å². The third kappa shape index (κ3) is 7.10. The van der Waals surface area contributed by atoms with E-state index >= 15 is 0 Å². The van der Waals surface area contributed by atoms with Crippen molar-refractivity contribution in [2.45, 2.75) is 43.9 Å². The summed E-state index contributed by atoms with van der Waals surface area (Å²) in [6, 6.07) is 14.0. The van der Waals surface area contributed by atoms with Crippen molar-refractivity contribution in [3.05, 3.63) is 101 Å². The molecule has 1 fully saturated rings. The molecule has 7 N–H and O–H groups in total. The van der Waals surface area contributed by atoms with Crippen LogP contribution in [-0.4, -0.2) is 22.8 Å². The molecule has 0 saturated heterocycles. The van der Waals surface area contributed by atoms with Gasteiger partial charge in [0.25, 0.3) is 5.91 Å². The highest BCUT2D eigenvalue weighted by Crippen LogP contribution is 2.40. The van der Waals surface area contributed by atoms with Gasteiger partial charge in [0.2, 0.25) is 0 Å². The summed E-state index contributed by atoms with van der Waals surface area (Å²) in [5.74, 6) is -1.30. The van der Waals surface area contributed by atoms with Crippen LogP contribution < -0.4 is 22.1 Å². The van der Waals surface area contributed by atoms with Gasteiger partial charge in [0.1, 0.15) is 17.2 Å². The molecule has 210 valence electrons. The van der Waals surface area contributed by atoms with Gasteiger partial charge in [0.05, 0.1) is 11.2 Å². The summed E-state index contributed by atoms with van der Waals surface area (Å²) in [5, 5.41) is 12.4. The maximum atomic E-state index is 14.9. The maximum Gasteiger partial charge on any atom is 0.432 e. The van der Waals surface area contributed by atoms with Crippen molar-refractivity contribution in [1.29, 1.82) is 5.41 Å². The zero-order valence-corrected chi connectivity index (χ0v) is 21.6. The second-order valence-corrected chi connectivity index (χ2v) is 9.84. The largest absolute Gasteiger partial charge is 0.432 e. The van der Waals surface area contributed by atoms with Crippen LogP contribution in [0, 0.1) is 17.1 Å². The number of rotatable bonds is 11. The van der Waals surface area contributed by atoms with Crippen molar-refractivity contribution < 1.29 is 22.4 Å². The molecule has 1 aromatic heterocycles. The Balaban J connectivity index is 1.66. The number of allylic oxidation sites excluding steroid dienone is 1. The van der Waals surface area contributed by atoms with E-state index in [1.807, 2.05) is 0 Å². The molecule has 0 spiro atoms. The standard InChI is InChI=1S/C29H30F4N6O/c30-23-7-6-21(28(36,11-8-18-4-5-18)20-9-12-37-13-10-20)15-24(23)39-27(40)25(16-26(35)29(31,32)33)38-22-3-1-2-19(14-22)17-34/h1-3,6-7,9-10,12-16,18,35,38H,4-5,8,11,17,34,36H2,(H,39,40)/b25-16-,35-26?. The van der Waals surface area contributed by atoms with E-state index in [0.717, 1.165) is 30.9 Å². The fraction of sp³-hybridized carbons (Fsp3) is 0.276. The minimum Gasteiger partial charge on any atom is -0.351 e. The second kappa shape index (κ2) is 12.0. The number of nitrogens with two attached hydrogens (primary N) is 2. The number of amides is 1. The number of benzene rings is 2. The van der Waals surface area contributed by atoms with E-state index in [1.165, 1.54) is 18.2 Å². The number of nitrogens with one attached hydrogen (secondary N) is 3. The predicted molar refractivity (Wildman–Crippen MR) is 146 cm³/mol. The molecule has 0 aliphatic heterocycles. The molecule has 0 bridgehead atoms. The molecule has 4 rings (SSSR count).